The van der Waals surface area contributed by atoms with Crippen molar-refractivity contribution in [1.29, 1.82) is 0 Å². The minimum absolute atomic E-state index is 0.124. The number of nitrogens with one attached hydrogen (secondary N) is 3. The van der Waals surface area contributed by atoms with Gasteiger partial charge in [0.25, 0.3) is 0 Å². The van der Waals surface area contributed by atoms with E-state index < -0.39 is 197 Å². The quantitative estimate of drug-likeness (QED) is 0.0448. The number of ether oxygens (including phenoxy) is 6. The van der Waals surface area contributed by atoms with E-state index in [0.29, 0.717) is 29.6 Å². The Balaban J connectivity index is 0.000000496. The van der Waals surface area contributed by atoms with Crippen LogP contribution in [0.4, 0.5) is 0 Å². The molecule has 5 aliphatic rings. The molecule has 0 bridgehead atoms. The molecule has 5 fully saturated rings. The average molecular weight is 1230 g/mol. The second kappa shape index (κ2) is 39.4. The molecule has 0 spiro atoms. The van der Waals surface area contributed by atoms with E-state index in [1.165, 1.54) is 0 Å². The van der Waals surface area contributed by atoms with Crippen LogP contribution in [0.3, 0.4) is 0 Å². The average Bonchev–Trinajstić information content (AvgIpc) is 3.42. The zero-order chi connectivity index (χ0) is 60.4. The van der Waals surface area contributed by atoms with Crippen molar-refractivity contribution in [2.45, 2.75) is 199 Å². The second-order valence-corrected chi connectivity index (χ2v) is 20.0. The van der Waals surface area contributed by atoms with Gasteiger partial charge in [0.2, 0.25) is 17.7 Å². The van der Waals surface area contributed by atoms with Gasteiger partial charge in [0.15, 0.2) is 25.2 Å². The number of carbonyl (C=O) groups is 3. The van der Waals surface area contributed by atoms with E-state index in [9.17, 15) is 91.0 Å². The largest absolute Gasteiger partial charge is 0.394 e. The predicted molar refractivity (Wildman–Crippen MR) is 282 cm³/mol. The van der Waals surface area contributed by atoms with E-state index in [2.05, 4.69) is 66.5 Å². The number of unbranched alkanes of at least 4 members (excludes halogenated alkanes) is 1. The van der Waals surface area contributed by atoms with Crippen molar-refractivity contribution in [1.82, 2.24) is 16.0 Å². The highest BCUT2D eigenvalue weighted by atomic mass is 32.1. The first kappa shape index (κ1) is 75.8. The third-order valence-corrected chi connectivity index (χ3v) is 13.5. The van der Waals surface area contributed by atoms with Crippen LogP contribution < -0.4 is 16.0 Å². The van der Waals surface area contributed by atoms with Gasteiger partial charge in [0.05, 0.1) is 38.6 Å². The summed E-state index contributed by atoms with van der Waals surface area (Å²) in [5, 5.41) is 185. The maximum Gasteiger partial charge on any atom is 0.221 e. The number of hydrogen-bond acceptors (Lipinski definition) is 32. The molecule has 5 rings (SSSR count). The van der Waals surface area contributed by atoms with Gasteiger partial charge in [-0.15, -0.1) is 0 Å². The first-order valence-electron chi connectivity index (χ1n) is 25.1. The van der Waals surface area contributed by atoms with Gasteiger partial charge in [-0.2, -0.15) is 50.5 Å². The number of thiol groups is 4. The summed E-state index contributed by atoms with van der Waals surface area (Å²) in [5.41, 5.74) is 0. The lowest BCUT2D eigenvalue weighted by atomic mass is 9.97. The van der Waals surface area contributed by atoms with Gasteiger partial charge < -0.3 is 141 Å². The SMILES string of the molecule is CCCCO[C@H]1OC(CO)[C@H](O)[C@H](O)C1O.C[C@H]1OC(CS)[C@H](O)[C@H](O)C1O.O=C(CCS)NC1C(O)OC(CO)[C@@H](O)[C@@H]1O.O=C(CCS)NC1C(O)OC(CO)[C@@H](O)[C@@H]1O.O=C(CCS)NC1C(O)OC(CO)[C@H](O)[C@@H]1O. The van der Waals surface area contributed by atoms with Gasteiger partial charge in [0, 0.05) is 31.6 Å². The van der Waals surface area contributed by atoms with Crippen LogP contribution in [-0.2, 0) is 42.8 Å². The Morgan fingerprint density at radius 1 is 0.418 bits per heavy atom. The number of hydrogen-bond donors (Lipinski definition) is 26. The summed E-state index contributed by atoms with van der Waals surface area (Å²) in [5.74, 6) is 0.0628. The van der Waals surface area contributed by atoms with Crippen molar-refractivity contribution in [3.8, 4) is 0 Å². The maximum absolute atomic E-state index is 11.3. The van der Waals surface area contributed by atoms with Crippen molar-refractivity contribution in [2.24, 2.45) is 0 Å². The van der Waals surface area contributed by atoms with Gasteiger partial charge in [-0.3, -0.25) is 14.4 Å². The molecule has 22 N–H and O–H groups in total. The number of aliphatic hydroxyl groups excluding tert-OH is 19. The molecular weight excluding hydrogens is 1150 g/mol. The molecule has 5 aliphatic heterocycles. The first-order chi connectivity index (χ1) is 37.2. The summed E-state index contributed by atoms with van der Waals surface area (Å²) < 4.78 is 30.2. The molecule has 0 aromatic carbocycles. The fourth-order valence-electron chi connectivity index (χ4n) is 7.67. The zero-order valence-corrected chi connectivity index (χ0v) is 46.9. The number of rotatable bonds is 18. The van der Waals surface area contributed by atoms with Crippen molar-refractivity contribution in [3.05, 3.63) is 0 Å². The number of carbonyl (C=O) groups excluding carboxylic acids is 3. The second-order valence-electron chi connectivity index (χ2n) is 18.3. The standard InChI is InChI=1S/C10H20O6.3C9H17NO6S.C7H14O4S/c1-2-3-4-15-10-9(14)8(13)7(12)6(5-11)16-10;3*11-3-4-7(13)8(14)6(9(15)16-4)10-5(12)1-2-17;1-3-5(8)7(10)6(9)4(2-12)11-3/h6-14H,2-5H2,1H3;3*4,6-9,11,13-15,17H,1-3H2,(H,10,12);3-10,12H,2H2,1H3/t6?,7-,8-,9?,10-;4?,6?,7-,8+,9?;2*4?,6?,7-,8-,9?;3-,4?,5?,6+,7-/m00111/s1. The van der Waals surface area contributed by atoms with Gasteiger partial charge >= 0.3 is 0 Å². The predicted octanol–water partition coefficient (Wildman–Crippen LogP) is -10.9. The van der Waals surface area contributed by atoms with Crippen molar-refractivity contribution in [3.63, 3.8) is 0 Å². The van der Waals surface area contributed by atoms with Crippen LogP contribution >= 0.6 is 50.5 Å². The van der Waals surface area contributed by atoms with Crippen molar-refractivity contribution >= 4 is 68.2 Å². The van der Waals surface area contributed by atoms with Gasteiger partial charge in [-0.25, -0.2) is 0 Å². The lowest BCUT2D eigenvalue weighted by molar-refractivity contribution is -0.301. The van der Waals surface area contributed by atoms with E-state index >= 15 is 0 Å². The Bertz CT molecular complexity index is 1560. The lowest BCUT2D eigenvalue weighted by Gasteiger charge is -2.40. The van der Waals surface area contributed by atoms with Crippen LogP contribution in [0.1, 0.15) is 46.0 Å². The first-order valence-corrected chi connectivity index (χ1v) is 27.6. The lowest BCUT2D eigenvalue weighted by Crippen LogP contribution is -2.64. The molecule has 0 aromatic rings. The van der Waals surface area contributed by atoms with Gasteiger partial charge in [-0.05, 0) is 30.6 Å². The van der Waals surface area contributed by atoms with E-state index in [4.69, 9.17) is 48.8 Å². The monoisotopic (exact) mass is 1230 g/mol. The fraction of sp³-hybridized carbons (Fsp3) is 0.932. The molecule has 13 unspecified atom stereocenters. The Morgan fingerprint density at radius 2 is 0.722 bits per heavy atom. The molecule has 3 amide bonds. The molecule has 468 valence electrons. The fourth-order valence-corrected chi connectivity index (χ4v) is 8.59. The summed E-state index contributed by atoms with van der Waals surface area (Å²) in [4.78, 5) is 33.9. The Labute approximate surface area is 477 Å². The molecule has 25 atom stereocenters. The smallest absolute Gasteiger partial charge is 0.221 e. The minimum Gasteiger partial charge on any atom is -0.394 e. The molecule has 35 heteroatoms. The van der Waals surface area contributed by atoms with Gasteiger partial charge in [-0.1, -0.05) is 13.3 Å². The van der Waals surface area contributed by atoms with Gasteiger partial charge in [0.1, 0.15) is 116 Å². The van der Waals surface area contributed by atoms with Crippen molar-refractivity contribution < 1.29 is 140 Å². The normalized spacial score (nSPS) is 40.0. The molecule has 0 saturated carbocycles. The van der Waals surface area contributed by atoms with Crippen LogP contribution in [0.25, 0.3) is 0 Å². The number of amides is 3. The summed E-state index contributed by atoms with van der Waals surface area (Å²) in [6, 6.07) is -3.37. The Morgan fingerprint density at radius 3 is 1.03 bits per heavy atom. The van der Waals surface area contributed by atoms with E-state index in [0.717, 1.165) is 12.8 Å². The topological polar surface area (TPSA) is 527 Å². The molecule has 0 aliphatic carbocycles. The van der Waals surface area contributed by atoms with E-state index in [1.54, 1.807) is 6.92 Å². The van der Waals surface area contributed by atoms with Crippen LogP contribution in [-0.4, -0.2) is 324 Å². The van der Waals surface area contributed by atoms with Crippen LogP contribution in [0.5, 0.6) is 0 Å². The molecular formula is C44H85N3O28S4. The number of aliphatic hydroxyl groups is 19. The highest BCUT2D eigenvalue weighted by molar-refractivity contribution is 7.80. The molecule has 31 nitrogen and oxygen atoms in total. The van der Waals surface area contributed by atoms with E-state index in [1.807, 2.05) is 6.92 Å². The van der Waals surface area contributed by atoms with Crippen molar-refractivity contribution in [2.75, 3.05) is 56.0 Å². The molecule has 79 heavy (non-hydrogen) atoms. The summed E-state index contributed by atoms with van der Waals surface area (Å²) in [6.45, 7) is 2.01. The molecule has 0 radical (unpaired) electrons. The maximum atomic E-state index is 11.3. The third kappa shape index (κ3) is 23.7. The van der Waals surface area contributed by atoms with Crippen LogP contribution in [0.2, 0.25) is 0 Å². The van der Waals surface area contributed by atoms with Crippen LogP contribution in [0.15, 0.2) is 0 Å². The summed E-state index contributed by atoms with van der Waals surface area (Å²) in [6.07, 6.45) is -23.9. The minimum atomic E-state index is -1.48. The Kier molecular flexibility index (Phi) is 37.8. The summed E-state index contributed by atoms with van der Waals surface area (Å²) >= 11 is 15.6. The molecule has 5 heterocycles. The third-order valence-electron chi connectivity index (χ3n) is 12.5. The van der Waals surface area contributed by atoms with Crippen LogP contribution in [0, 0.1) is 0 Å². The molecule has 0 aromatic heterocycles. The van der Waals surface area contributed by atoms with E-state index in [-0.39, 0.29) is 19.3 Å². The highest BCUT2D eigenvalue weighted by Gasteiger charge is 2.48. The molecule has 5 saturated heterocycles. The highest BCUT2D eigenvalue weighted by Crippen LogP contribution is 2.25. The Hall–Kier alpha value is -1.19. The summed E-state index contributed by atoms with van der Waals surface area (Å²) in [7, 11) is 0. The zero-order valence-electron chi connectivity index (χ0n) is 43.3.